The van der Waals surface area contributed by atoms with Crippen LogP contribution in [0.15, 0.2) is 24.3 Å². The molecule has 0 radical (unpaired) electrons. The molecule has 4 heteroatoms. The second kappa shape index (κ2) is 7.41. The van der Waals surface area contributed by atoms with Gasteiger partial charge in [-0.05, 0) is 49.4 Å². The molecule has 1 atom stereocenters. The topological polar surface area (TPSA) is 55.6 Å². The van der Waals surface area contributed by atoms with Gasteiger partial charge in [0.05, 0.1) is 0 Å². The van der Waals surface area contributed by atoms with Gasteiger partial charge in [0.15, 0.2) is 0 Å². The van der Waals surface area contributed by atoms with E-state index in [1.54, 1.807) is 13.2 Å². The molecule has 1 fully saturated rings. The van der Waals surface area contributed by atoms with E-state index in [0.717, 1.165) is 32.5 Å². The van der Waals surface area contributed by atoms with Crippen molar-refractivity contribution in [2.45, 2.75) is 19.3 Å². The number of rotatable bonds is 7. The number of nitrogens with two attached hydrogens (primary N) is 1. The van der Waals surface area contributed by atoms with E-state index in [1.807, 2.05) is 12.1 Å². The predicted octanol–water partition coefficient (Wildman–Crippen LogP) is 1.69. The highest BCUT2D eigenvalue weighted by Crippen LogP contribution is 2.21. The van der Waals surface area contributed by atoms with E-state index >= 15 is 0 Å². The Bertz CT molecular complexity index is 448. The Labute approximate surface area is 120 Å². The predicted molar refractivity (Wildman–Crippen MR) is 79.7 cm³/mol. The highest BCUT2D eigenvalue weighted by Gasteiger charge is 2.22. The summed E-state index contributed by atoms with van der Waals surface area (Å²) in [5, 5.41) is 0. The second-order valence-corrected chi connectivity index (χ2v) is 5.57. The zero-order valence-corrected chi connectivity index (χ0v) is 12.2. The molecular formula is C16H24N2O2. The molecule has 110 valence electrons. The van der Waals surface area contributed by atoms with E-state index in [2.05, 4.69) is 11.0 Å². The Morgan fingerprint density at radius 1 is 1.50 bits per heavy atom. The monoisotopic (exact) mass is 276 g/mol. The van der Waals surface area contributed by atoms with Gasteiger partial charge in [-0.25, -0.2) is 0 Å². The van der Waals surface area contributed by atoms with Gasteiger partial charge in [-0.15, -0.1) is 0 Å². The molecule has 1 saturated heterocycles. The Kier molecular flexibility index (Phi) is 5.56. The van der Waals surface area contributed by atoms with Gasteiger partial charge >= 0.3 is 0 Å². The molecule has 0 unspecified atom stereocenters. The van der Waals surface area contributed by atoms with Crippen molar-refractivity contribution < 1.29 is 9.53 Å². The Balaban J connectivity index is 1.82. The number of hydrogen-bond donors (Lipinski definition) is 1. The summed E-state index contributed by atoms with van der Waals surface area (Å²) in [5.74, 6) is 0.333. The van der Waals surface area contributed by atoms with E-state index in [4.69, 9.17) is 10.5 Å². The van der Waals surface area contributed by atoms with E-state index < -0.39 is 0 Å². The summed E-state index contributed by atoms with van der Waals surface area (Å²) in [6.45, 7) is 4.27. The fourth-order valence-corrected chi connectivity index (χ4v) is 2.90. The number of benzene rings is 1. The van der Waals surface area contributed by atoms with Crippen molar-refractivity contribution in [2.24, 2.45) is 11.7 Å². The molecular weight excluding hydrogens is 252 g/mol. The van der Waals surface area contributed by atoms with Gasteiger partial charge in [0, 0.05) is 32.4 Å². The largest absolute Gasteiger partial charge is 0.385 e. The lowest BCUT2D eigenvalue weighted by Crippen LogP contribution is -2.23. The van der Waals surface area contributed by atoms with Gasteiger partial charge in [0.25, 0.3) is 0 Å². The number of hydrogen-bond acceptors (Lipinski definition) is 3. The standard InChI is InChI=1S/C16H24N2O2/c1-20-9-3-7-18-8-6-14(12-18)10-13-4-2-5-15(11-13)16(17)19/h2,4-5,11,14H,3,6-10,12H2,1H3,(H2,17,19)/t14-/m1/s1. The average Bonchev–Trinajstić information content (AvgIpc) is 2.87. The van der Waals surface area contributed by atoms with Crippen LogP contribution in [0.5, 0.6) is 0 Å². The van der Waals surface area contributed by atoms with Crippen LogP contribution in [0.1, 0.15) is 28.8 Å². The molecule has 1 aromatic carbocycles. The summed E-state index contributed by atoms with van der Waals surface area (Å²) in [6.07, 6.45) is 3.36. The molecule has 2 N–H and O–H groups in total. The number of primary amides is 1. The number of likely N-dealkylation sites (tertiary alicyclic amines) is 1. The molecule has 0 aromatic heterocycles. The maximum absolute atomic E-state index is 11.2. The SMILES string of the molecule is COCCCN1CC[C@H](Cc2cccc(C(N)=O)c2)C1. The molecule has 4 nitrogen and oxygen atoms in total. The first-order valence-corrected chi connectivity index (χ1v) is 7.29. The minimum atomic E-state index is -0.348. The Morgan fingerprint density at radius 2 is 2.35 bits per heavy atom. The highest BCUT2D eigenvalue weighted by atomic mass is 16.5. The third-order valence-electron chi connectivity index (χ3n) is 3.93. The van der Waals surface area contributed by atoms with Crippen LogP contribution in [0.25, 0.3) is 0 Å². The van der Waals surface area contributed by atoms with E-state index in [1.165, 1.54) is 18.5 Å². The van der Waals surface area contributed by atoms with Crippen molar-refractivity contribution in [3.63, 3.8) is 0 Å². The lowest BCUT2D eigenvalue weighted by atomic mass is 9.97. The Hall–Kier alpha value is -1.39. The first-order chi connectivity index (χ1) is 9.69. The van der Waals surface area contributed by atoms with Gasteiger partial charge in [0.2, 0.25) is 5.91 Å². The minimum Gasteiger partial charge on any atom is -0.385 e. The quantitative estimate of drug-likeness (QED) is 0.771. The van der Waals surface area contributed by atoms with Crippen LogP contribution in [-0.4, -0.2) is 44.2 Å². The maximum atomic E-state index is 11.2. The fourth-order valence-electron chi connectivity index (χ4n) is 2.90. The lowest BCUT2D eigenvalue weighted by Gasteiger charge is -2.15. The van der Waals surface area contributed by atoms with Gasteiger partial charge in [-0.2, -0.15) is 0 Å². The van der Waals surface area contributed by atoms with Crippen molar-refractivity contribution in [1.82, 2.24) is 4.90 Å². The van der Waals surface area contributed by atoms with Gasteiger partial charge < -0.3 is 15.4 Å². The first-order valence-electron chi connectivity index (χ1n) is 7.29. The first kappa shape index (κ1) is 15.0. The van der Waals surface area contributed by atoms with E-state index in [9.17, 15) is 4.79 Å². The number of nitrogens with zero attached hydrogens (tertiary/aromatic N) is 1. The van der Waals surface area contributed by atoms with Crippen LogP contribution in [-0.2, 0) is 11.2 Å². The summed E-state index contributed by atoms with van der Waals surface area (Å²) in [6, 6.07) is 7.70. The molecule has 1 aliphatic heterocycles. The van der Waals surface area contributed by atoms with Crippen LogP contribution in [0.2, 0.25) is 0 Å². The van der Waals surface area contributed by atoms with Crippen LogP contribution >= 0.6 is 0 Å². The molecule has 0 bridgehead atoms. The summed E-state index contributed by atoms with van der Waals surface area (Å²) in [4.78, 5) is 13.7. The number of carbonyl (C=O) groups is 1. The number of carbonyl (C=O) groups excluding carboxylic acids is 1. The number of amides is 1. The van der Waals surface area contributed by atoms with Crippen LogP contribution in [0.3, 0.4) is 0 Å². The molecule has 0 spiro atoms. The molecule has 0 saturated carbocycles. The fraction of sp³-hybridized carbons (Fsp3) is 0.562. The molecule has 0 aliphatic carbocycles. The molecule has 2 rings (SSSR count). The third-order valence-corrected chi connectivity index (χ3v) is 3.93. The van der Waals surface area contributed by atoms with Gasteiger partial charge in [-0.1, -0.05) is 12.1 Å². The number of methoxy groups -OCH3 is 1. The molecule has 1 aliphatic rings. The van der Waals surface area contributed by atoms with Crippen molar-refractivity contribution in [3.8, 4) is 0 Å². The Morgan fingerprint density at radius 3 is 3.10 bits per heavy atom. The van der Waals surface area contributed by atoms with Crippen molar-refractivity contribution >= 4 is 5.91 Å². The number of ether oxygens (including phenoxy) is 1. The smallest absolute Gasteiger partial charge is 0.248 e. The molecule has 1 aromatic rings. The third kappa shape index (κ3) is 4.32. The summed E-state index contributed by atoms with van der Waals surface area (Å²) < 4.78 is 5.09. The summed E-state index contributed by atoms with van der Waals surface area (Å²) >= 11 is 0. The van der Waals surface area contributed by atoms with Crippen molar-refractivity contribution in [2.75, 3.05) is 33.4 Å². The summed E-state index contributed by atoms with van der Waals surface area (Å²) in [5.41, 5.74) is 7.14. The lowest BCUT2D eigenvalue weighted by molar-refractivity contribution is 0.1000. The zero-order valence-electron chi connectivity index (χ0n) is 12.2. The normalized spacial score (nSPS) is 19.4. The van der Waals surface area contributed by atoms with Crippen LogP contribution in [0.4, 0.5) is 0 Å². The average molecular weight is 276 g/mol. The highest BCUT2D eigenvalue weighted by molar-refractivity contribution is 5.92. The van der Waals surface area contributed by atoms with E-state index in [-0.39, 0.29) is 5.91 Å². The van der Waals surface area contributed by atoms with Crippen molar-refractivity contribution in [1.29, 1.82) is 0 Å². The second-order valence-electron chi connectivity index (χ2n) is 5.57. The minimum absolute atomic E-state index is 0.348. The van der Waals surface area contributed by atoms with Crippen LogP contribution in [0, 0.1) is 5.92 Å². The van der Waals surface area contributed by atoms with Crippen molar-refractivity contribution in [3.05, 3.63) is 35.4 Å². The molecule has 20 heavy (non-hydrogen) atoms. The van der Waals surface area contributed by atoms with Gasteiger partial charge in [-0.3, -0.25) is 4.79 Å². The van der Waals surface area contributed by atoms with Crippen LogP contribution < -0.4 is 5.73 Å². The van der Waals surface area contributed by atoms with Gasteiger partial charge in [0.1, 0.15) is 0 Å². The summed E-state index contributed by atoms with van der Waals surface area (Å²) in [7, 11) is 1.75. The molecule has 1 amide bonds. The molecule has 1 heterocycles. The maximum Gasteiger partial charge on any atom is 0.248 e. The zero-order chi connectivity index (χ0) is 14.4. The van der Waals surface area contributed by atoms with E-state index in [0.29, 0.717) is 11.5 Å².